The third-order valence-electron chi connectivity index (χ3n) is 3.17. The number of aryl methyl sites for hydroxylation is 1. The van der Waals surface area contributed by atoms with Crippen LogP contribution in [0.1, 0.15) is 30.6 Å². The zero-order valence-corrected chi connectivity index (χ0v) is 13.7. The van der Waals surface area contributed by atoms with E-state index in [9.17, 15) is 0 Å². The van der Waals surface area contributed by atoms with Crippen LogP contribution >= 0.6 is 0 Å². The second-order valence-electron chi connectivity index (χ2n) is 5.06. The maximum absolute atomic E-state index is 9.10. The molecule has 0 saturated carbocycles. The number of nitrogens with zero attached hydrogens (tertiary/aromatic N) is 1. The van der Waals surface area contributed by atoms with E-state index in [1.165, 1.54) is 0 Å². The molecular weight excluding hydrogens is 330 g/mol. The normalized spacial score (nSPS) is 11.1. The van der Waals surface area contributed by atoms with Gasteiger partial charge in [-0.2, -0.15) is 5.48 Å². The van der Waals surface area contributed by atoms with Crippen molar-refractivity contribution in [3.63, 3.8) is 0 Å². The first-order valence-electron chi connectivity index (χ1n) is 7.50. The number of hydroxylamine groups is 1. The number of aromatic amines is 1. The fourth-order valence-corrected chi connectivity index (χ4v) is 1.80. The van der Waals surface area contributed by atoms with Gasteiger partial charge in [0.1, 0.15) is 5.75 Å². The molecular formula is C16H21N3O6. The Morgan fingerprint density at radius 2 is 1.88 bits per heavy atom. The van der Waals surface area contributed by atoms with Crippen LogP contribution in [0.25, 0.3) is 0 Å². The van der Waals surface area contributed by atoms with Crippen molar-refractivity contribution in [2.75, 3.05) is 6.61 Å². The van der Waals surface area contributed by atoms with E-state index in [4.69, 9.17) is 29.7 Å². The van der Waals surface area contributed by atoms with Gasteiger partial charge in [0.05, 0.1) is 19.0 Å². The van der Waals surface area contributed by atoms with E-state index in [0.29, 0.717) is 6.61 Å². The summed E-state index contributed by atoms with van der Waals surface area (Å²) in [5, 5.41) is 23.6. The van der Waals surface area contributed by atoms with Crippen LogP contribution in [0.2, 0.25) is 0 Å². The highest BCUT2D eigenvalue weighted by molar-refractivity contribution is 6.27. The summed E-state index contributed by atoms with van der Waals surface area (Å²) in [5.41, 5.74) is 4.37. The minimum Gasteiger partial charge on any atom is -0.494 e. The average molecular weight is 351 g/mol. The number of imidazole rings is 1. The van der Waals surface area contributed by atoms with Crippen LogP contribution in [0.3, 0.4) is 0 Å². The fourth-order valence-electron chi connectivity index (χ4n) is 1.80. The lowest BCUT2D eigenvalue weighted by molar-refractivity contribution is -0.159. The van der Waals surface area contributed by atoms with Gasteiger partial charge in [-0.05, 0) is 37.5 Å². The average Bonchev–Trinajstić information content (AvgIpc) is 3.12. The predicted molar refractivity (Wildman–Crippen MR) is 87.5 cm³/mol. The highest BCUT2D eigenvalue weighted by atomic mass is 16.5. The number of benzene rings is 1. The predicted octanol–water partition coefficient (Wildman–Crippen LogP) is 1.62. The second-order valence-corrected chi connectivity index (χ2v) is 5.06. The molecule has 25 heavy (non-hydrogen) atoms. The van der Waals surface area contributed by atoms with Gasteiger partial charge in [-0.1, -0.05) is 12.1 Å². The number of aliphatic carboxylic acids is 2. The van der Waals surface area contributed by atoms with Gasteiger partial charge in [-0.25, -0.2) is 14.6 Å². The van der Waals surface area contributed by atoms with Crippen LogP contribution in [0.5, 0.6) is 5.75 Å². The van der Waals surface area contributed by atoms with E-state index in [1.54, 1.807) is 6.33 Å². The number of hydrogen-bond acceptors (Lipinski definition) is 6. The first kappa shape index (κ1) is 20.1. The van der Waals surface area contributed by atoms with Gasteiger partial charge >= 0.3 is 11.9 Å². The molecule has 0 amide bonds. The van der Waals surface area contributed by atoms with Crippen molar-refractivity contribution in [1.29, 1.82) is 0 Å². The highest BCUT2D eigenvalue weighted by Crippen LogP contribution is 2.17. The smallest absolute Gasteiger partial charge is 0.414 e. The van der Waals surface area contributed by atoms with Gasteiger partial charge in [0.25, 0.3) is 0 Å². The minimum absolute atomic E-state index is 0.0746. The number of rotatable bonds is 7. The molecule has 1 aromatic carbocycles. The van der Waals surface area contributed by atoms with Gasteiger partial charge in [0.15, 0.2) is 0 Å². The molecule has 0 aliphatic heterocycles. The largest absolute Gasteiger partial charge is 0.494 e. The molecule has 1 heterocycles. The Morgan fingerprint density at radius 1 is 1.24 bits per heavy atom. The lowest BCUT2D eigenvalue weighted by Crippen LogP contribution is -2.12. The molecule has 0 spiro atoms. The molecule has 136 valence electrons. The van der Waals surface area contributed by atoms with E-state index in [2.05, 4.69) is 15.4 Å². The molecule has 0 radical (unpaired) electrons. The number of ether oxygens (including phenoxy) is 1. The Kier molecular flexibility index (Phi) is 8.69. The molecule has 5 N–H and O–H groups in total. The van der Waals surface area contributed by atoms with Crippen LogP contribution in [-0.2, 0) is 16.0 Å². The van der Waals surface area contributed by atoms with Crippen molar-refractivity contribution in [3.05, 3.63) is 48.0 Å². The number of hydrogen-bond donors (Lipinski definition) is 5. The molecule has 0 aliphatic carbocycles. The van der Waals surface area contributed by atoms with E-state index >= 15 is 0 Å². The zero-order valence-electron chi connectivity index (χ0n) is 13.7. The standard InChI is InChI=1S/C14H19N3O2.C2H2O4/c1-11(17-18)12-4-6-14(7-5-12)19-8-2-3-13-9-15-10-16-13;3-1(4)2(5)6/h4-7,9-11,17-18H,2-3,8H2,1H3,(H,15,16);(H,3,4)(H,5,6). The Morgan fingerprint density at radius 3 is 2.36 bits per heavy atom. The monoisotopic (exact) mass is 351 g/mol. The maximum atomic E-state index is 9.10. The number of nitrogens with one attached hydrogen (secondary N) is 2. The molecule has 9 heteroatoms. The molecule has 0 saturated heterocycles. The van der Waals surface area contributed by atoms with Crippen LogP contribution in [0, 0.1) is 0 Å². The van der Waals surface area contributed by atoms with Crippen molar-refractivity contribution in [2.24, 2.45) is 0 Å². The summed E-state index contributed by atoms with van der Waals surface area (Å²) >= 11 is 0. The molecule has 2 rings (SSSR count). The number of aromatic nitrogens is 2. The molecule has 0 aliphatic rings. The van der Waals surface area contributed by atoms with Gasteiger partial charge in [0, 0.05) is 11.9 Å². The summed E-state index contributed by atoms with van der Waals surface area (Å²) in [5.74, 6) is -2.80. The zero-order chi connectivity index (χ0) is 18.7. The van der Waals surface area contributed by atoms with Crippen LogP contribution in [0.4, 0.5) is 0 Å². The number of H-pyrrole nitrogens is 1. The van der Waals surface area contributed by atoms with Gasteiger partial charge in [0.2, 0.25) is 0 Å². The van der Waals surface area contributed by atoms with Gasteiger partial charge in [-0.15, -0.1) is 0 Å². The molecule has 9 nitrogen and oxygen atoms in total. The molecule has 1 aromatic heterocycles. The van der Waals surface area contributed by atoms with Gasteiger partial charge in [-0.3, -0.25) is 0 Å². The molecule has 0 fully saturated rings. The minimum atomic E-state index is -1.82. The third kappa shape index (κ3) is 7.95. The quantitative estimate of drug-likeness (QED) is 0.287. The summed E-state index contributed by atoms with van der Waals surface area (Å²) in [6.45, 7) is 2.56. The molecule has 1 unspecified atom stereocenters. The summed E-state index contributed by atoms with van der Waals surface area (Å²) in [6.07, 6.45) is 5.39. The molecule has 2 aromatic rings. The fraction of sp³-hybridized carbons (Fsp3) is 0.312. The van der Waals surface area contributed by atoms with E-state index in [0.717, 1.165) is 29.8 Å². The van der Waals surface area contributed by atoms with Crippen molar-refractivity contribution >= 4 is 11.9 Å². The Bertz CT molecular complexity index is 630. The number of carboxylic acids is 2. The summed E-state index contributed by atoms with van der Waals surface area (Å²) in [6, 6.07) is 7.64. The van der Waals surface area contributed by atoms with Crippen molar-refractivity contribution < 1.29 is 29.7 Å². The number of carbonyl (C=O) groups is 2. The van der Waals surface area contributed by atoms with Crippen molar-refractivity contribution in [1.82, 2.24) is 15.4 Å². The Hall–Kier alpha value is -2.91. The molecule has 0 bridgehead atoms. The van der Waals surface area contributed by atoms with E-state index < -0.39 is 11.9 Å². The van der Waals surface area contributed by atoms with Crippen LogP contribution < -0.4 is 10.2 Å². The van der Waals surface area contributed by atoms with E-state index in [-0.39, 0.29) is 6.04 Å². The van der Waals surface area contributed by atoms with E-state index in [1.807, 2.05) is 37.4 Å². The lowest BCUT2D eigenvalue weighted by Gasteiger charge is -2.10. The maximum Gasteiger partial charge on any atom is 0.414 e. The summed E-state index contributed by atoms with van der Waals surface area (Å²) in [4.78, 5) is 25.2. The summed E-state index contributed by atoms with van der Waals surface area (Å²) in [7, 11) is 0. The highest BCUT2D eigenvalue weighted by Gasteiger charge is 2.04. The Balaban J connectivity index is 0.000000450. The van der Waals surface area contributed by atoms with Crippen LogP contribution in [0.15, 0.2) is 36.8 Å². The lowest BCUT2D eigenvalue weighted by atomic mass is 10.1. The SMILES string of the molecule is CC(NO)c1ccc(OCCCc2cnc[nH]2)cc1.O=C(O)C(=O)O. The third-order valence-corrected chi connectivity index (χ3v) is 3.17. The Labute approximate surface area is 144 Å². The van der Waals surface area contributed by atoms with Gasteiger partial charge < -0.3 is 25.1 Å². The topological polar surface area (TPSA) is 145 Å². The first-order valence-corrected chi connectivity index (χ1v) is 7.50. The summed E-state index contributed by atoms with van der Waals surface area (Å²) < 4.78 is 5.66. The second kappa shape index (κ2) is 10.8. The van der Waals surface area contributed by atoms with Crippen LogP contribution in [-0.4, -0.2) is 43.9 Å². The first-order chi connectivity index (χ1) is 11.9. The van der Waals surface area contributed by atoms with Crippen molar-refractivity contribution in [2.45, 2.75) is 25.8 Å². The molecule has 1 atom stereocenters. The number of carboxylic acid groups (broad SMARTS) is 2. The van der Waals surface area contributed by atoms with Crippen molar-refractivity contribution in [3.8, 4) is 5.75 Å².